The van der Waals surface area contributed by atoms with E-state index in [1.165, 1.54) is 28.4 Å². The first-order chi connectivity index (χ1) is 21.4. The average molecular weight is 680 g/mol. The first-order valence-electron chi connectivity index (χ1n) is 15.3. The molecule has 0 saturated carbocycles. The van der Waals surface area contributed by atoms with Crippen LogP contribution in [0.25, 0.3) is 0 Å². The van der Waals surface area contributed by atoms with Crippen molar-refractivity contribution in [2.45, 2.75) is 64.8 Å². The lowest BCUT2D eigenvalue weighted by Gasteiger charge is -2.32. The van der Waals surface area contributed by atoms with E-state index in [-0.39, 0.29) is 57.1 Å². The van der Waals surface area contributed by atoms with Crippen LogP contribution < -0.4 is 15.2 Å². The molecule has 0 aromatic heterocycles. The number of nitrogens with zero attached hydrogens (tertiary/aromatic N) is 2. The van der Waals surface area contributed by atoms with Crippen molar-refractivity contribution in [1.82, 2.24) is 9.21 Å². The molecule has 3 N–H and O–H groups in total. The van der Waals surface area contributed by atoms with Crippen LogP contribution in [0.4, 0.5) is 4.39 Å². The molecule has 0 aliphatic rings. The maximum Gasteiger partial charge on any atom is 0.224 e. The van der Waals surface area contributed by atoms with Crippen molar-refractivity contribution in [3.8, 4) is 11.5 Å². The summed E-state index contributed by atoms with van der Waals surface area (Å²) in [6, 6.07) is 21.0. The van der Waals surface area contributed by atoms with E-state index < -0.39 is 27.5 Å². The molecule has 0 heterocycles. The van der Waals surface area contributed by atoms with Crippen molar-refractivity contribution in [2.24, 2.45) is 5.73 Å². The van der Waals surface area contributed by atoms with Crippen LogP contribution >= 0.6 is 12.4 Å². The van der Waals surface area contributed by atoms with Crippen LogP contribution in [0.3, 0.4) is 0 Å². The summed E-state index contributed by atoms with van der Waals surface area (Å²) in [6.07, 6.45) is 1.29. The van der Waals surface area contributed by atoms with Crippen molar-refractivity contribution in [3.63, 3.8) is 0 Å². The van der Waals surface area contributed by atoms with E-state index in [0.717, 1.165) is 11.1 Å². The number of aryl methyl sites for hydroxylation is 1. The van der Waals surface area contributed by atoms with E-state index in [9.17, 15) is 22.7 Å². The molecule has 3 aromatic rings. The Morgan fingerprint density at radius 3 is 2.24 bits per heavy atom. The van der Waals surface area contributed by atoms with E-state index in [0.29, 0.717) is 43.0 Å². The van der Waals surface area contributed by atoms with Gasteiger partial charge in [0, 0.05) is 32.1 Å². The van der Waals surface area contributed by atoms with Gasteiger partial charge >= 0.3 is 0 Å². The predicted octanol–water partition coefficient (Wildman–Crippen LogP) is 5.29. The zero-order valence-electron chi connectivity index (χ0n) is 26.9. The van der Waals surface area contributed by atoms with Crippen molar-refractivity contribution < 1.29 is 32.2 Å². The lowest BCUT2D eigenvalue weighted by Crippen LogP contribution is -2.52. The fourth-order valence-corrected chi connectivity index (χ4v) is 6.59. The predicted molar refractivity (Wildman–Crippen MR) is 181 cm³/mol. The second kappa shape index (κ2) is 18.8. The summed E-state index contributed by atoms with van der Waals surface area (Å²) in [5.74, 6) is -0.339. The van der Waals surface area contributed by atoms with Crippen LogP contribution in [0.2, 0.25) is 0 Å². The molecule has 0 unspecified atom stereocenters. The monoisotopic (exact) mass is 679 g/mol. The average Bonchev–Trinajstić information content (AvgIpc) is 3.01. The Kier molecular flexibility index (Phi) is 15.9. The lowest BCUT2D eigenvalue weighted by molar-refractivity contribution is -0.135. The summed E-state index contributed by atoms with van der Waals surface area (Å²) in [7, 11) is -2.12. The summed E-state index contributed by atoms with van der Waals surface area (Å²) >= 11 is 0. The maximum absolute atomic E-state index is 14.4. The molecule has 3 rings (SSSR count). The van der Waals surface area contributed by atoms with E-state index >= 15 is 0 Å². The first kappa shape index (κ1) is 39.0. The van der Waals surface area contributed by atoms with Crippen LogP contribution in [0.5, 0.6) is 11.5 Å². The highest BCUT2D eigenvalue weighted by molar-refractivity contribution is 7.89. The fraction of sp³-hybridized carbons (Fsp3) is 0.441. The van der Waals surface area contributed by atoms with Gasteiger partial charge < -0.3 is 25.2 Å². The number of hydrogen-bond acceptors (Lipinski definition) is 7. The Hall–Kier alpha value is -3.22. The van der Waals surface area contributed by atoms with Gasteiger partial charge in [-0.1, -0.05) is 56.3 Å². The van der Waals surface area contributed by atoms with Gasteiger partial charge in [-0.2, -0.15) is 0 Å². The molecule has 0 fully saturated rings. The number of rotatable bonds is 19. The SMILES string of the molecule is CCCN(CCC)S(=O)(=O)CCC(=O)N(Cc1cccc(OC)c1)C[C@](N)(O)CCc1cc(F)cc(OCc2ccccc2)c1.Cl. The molecule has 1 amide bonds. The Morgan fingerprint density at radius 2 is 1.59 bits per heavy atom. The second-order valence-electron chi connectivity index (χ2n) is 11.2. The minimum absolute atomic E-state index is 0. The third-order valence-corrected chi connectivity index (χ3v) is 9.14. The van der Waals surface area contributed by atoms with Crippen molar-refractivity contribution in [3.05, 3.63) is 95.3 Å². The maximum atomic E-state index is 14.4. The Bertz CT molecular complexity index is 1470. The highest BCUT2D eigenvalue weighted by atomic mass is 35.5. The molecule has 0 radical (unpaired) electrons. The quantitative estimate of drug-likeness (QED) is 0.165. The van der Waals surface area contributed by atoms with Gasteiger partial charge in [0.2, 0.25) is 15.9 Å². The normalized spacial score (nSPS) is 12.7. The third kappa shape index (κ3) is 12.9. The van der Waals surface area contributed by atoms with Crippen LogP contribution in [0.1, 0.15) is 56.2 Å². The standard InChI is InChI=1S/C34H46FN3O6S.ClH/c1-4-17-38(18-5-2)45(41,42)19-15-33(39)37(24-29-12-9-13-31(22-29)43-3)26-34(36,40)16-14-28-20-30(35)23-32(21-28)44-25-27-10-7-6-8-11-27;/h6-13,20-23,40H,4-5,14-19,24-26,36H2,1-3H3;1H/t34-;/m1./s1. The first-order valence-corrected chi connectivity index (χ1v) is 16.9. The lowest BCUT2D eigenvalue weighted by atomic mass is 10.0. The van der Waals surface area contributed by atoms with Gasteiger partial charge in [-0.05, 0) is 66.6 Å². The molecule has 0 aliphatic carbocycles. The van der Waals surface area contributed by atoms with Gasteiger partial charge in [0.1, 0.15) is 29.6 Å². The summed E-state index contributed by atoms with van der Waals surface area (Å²) in [6.45, 7) is 4.69. The summed E-state index contributed by atoms with van der Waals surface area (Å²) in [4.78, 5) is 14.9. The molecule has 1 atom stereocenters. The van der Waals surface area contributed by atoms with Gasteiger partial charge in [0.15, 0.2) is 0 Å². The van der Waals surface area contributed by atoms with Crippen molar-refractivity contribution in [2.75, 3.05) is 32.5 Å². The Morgan fingerprint density at radius 1 is 0.935 bits per heavy atom. The molecule has 254 valence electrons. The van der Waals surface area contributed by atoms with E-state index in [1.54, 1.807) is 24.3 Å². The second-order valence-corrected chi connectivity index (χ2v) is 13.3. The zero-order chi connectivity index (χ0) is 32.9. The molecule has 46 heavy (non-hydrogen) atoms. The minimum atomic E-state index is -3.65. The van der Waals surface area contributed by atoms with E-state index in [4.69, 9.17) is 15.2 Å². The van der Waals surface area contributed by atoms with Gasteiger partial charge in [-0.3, -0.25) is 4.79 Å². The molecule has 0 spiro atoms. The van der Waals surface area contributed by atoms with Crippen LogP contribution in [0, 0.1) is 5.82 Å². The molecular weight excluding hydrogens is 633 g/mol. The van der Waals surface area contributed by atoms with Crippen LogP contribution in [0.15, 0.2) is 72.8 Å². The number of carbonyl (C=O) groups is 1. The Labute approximate surface area is 279 Å². The van der Waals surface area contributed by atoms with Crippen LogP contribution in [-0.2, 0) is 34.4 Å². The molecule has 0 saturated heterocycles. The number of carbonyl (C=O) groups excluding carboxylic acids is 1. The smallest absolute Gasteiger partial charge is 0.224 e. The minimum Gasteiger partial charge on any atom is -0.497 e. The van der Waals surface area contributed by atoms with Gasteiger partial charge in [0.05, 0.1) is 19.4 Å². The number of aliphatic hydroxyl groups is 1. The number of hydrogen-bond donors (Lipinski definition) is 2. The number of halogens is 2. The summed E-state index contributed by atoms with van der Waals surface area (Å²) < 4.78 is 53.0. The van der Waals surface area contributed by atoms with Crippen molar-refractivity contribution in [1.29, 1.82) is 0 Å². The number of benzene rings is 3. The molecule has 0 aliphatic heterocycles. The molecule has 3 aromatic carbocycles. The molecule has 12 heteroatoms. The number of sulfonamides is 1. The highest BCUT2D eigenvalue weighted by Crippen LogP contribution is 2.22. The summed E-state index contributed by atoms with van der Waals surface area (Å²) in [5, 5.41) is 11.2. The number of ether oxygens (including phenoxy) is 2. The third-order valence-electron chi connectivity index (χ3n) is 7.26. The number of nitrogens with two attached hydrogens (primary N) is 1. The molecule has 9 nitrogen and oxygen atoms in total. The fourth-order valence-electron chi connectivity index (χ4n) is 4.98. The van der Waals surface area contributed by atoms with Gasteiger partial charge in [0.25, 0.3) is 0 Å². The largest absolute Gasteiger partial charge is 0.497 e. The number of methoxy groups -OCH3 is 1. The number of amides is 1. The molecule has 0 bridgehead atoms. The topological polar surface area (TPSA) is 122 Å². The zero-order valence-corrected chi connectivity index (χ0v) is 28.5. The highest BCUT2D eigenvalue weighted by Gasteiger charge is 2.29. The Balaban J connectivity index is 0.00000736. The molecular formula is C34H47ClFN3O6S. The van der Waals surface area contributed by atoms with Crippen LogP contribution in [-0.4, -0.2) is 66.9 Å². The van der Waals surface area contributed by atoms with Gasteiger partial charge in [-0.25, -0.2) is 17.1 Å². The van der Waals surface area contributed by atoms with E-state index in [1.807, 2.05) is 50.2 Å². The summed E-state index contributed by atoms with van der Waals surface area (Å²) in [5.41, 5.74) is 6.72. The van der Waals surface area contributed by atoms with Gasteiger partial charge in [-0.15, -0.1) is 12.4 Å². The van der Waals surface area contributed by atoms with Crippen molar-refractivity contribution >= 4 is 28.3 Å². The van der Waals surface area contributed by atoms with E-state index in [2.05, 4.69) is 0 Å².